The number of ketones is 1. The van der Waals surface area contributed by atoms with E-state index in [-0.39, 0.29) is 17.1 Å². The van der Waals surface area contributed by atoms with E-state index in [1.807, 2.05) is 43.3 Å². The van der Waals surface area contributed by atoms with Crippen molar-refractivity contribution in [3.63, 3.8) is 0 Å². The lowest BCUT2D eigenvalue weighted by molar-refractivity contribution is 0.0734. The molecule has 0 fully saturated rings. The maximum absolute atomic E-state index is 12.7. The van der Waals surface area contributed by atoms with Gasteiger partial charge in [0.25, 0.3) is 5.56 Å². The van der Waals surface area contributed by atoms with E-state index in [0.717, 1.165) is 11.3 Å². The minimum Gasteiger partial charge on any atom is -0.423 e. The van der Waals surface area contributed by atoms with Gasteiger partial charge in [-0.05, 0) is 48.4 Å². The molecule has 1 N–H and O–H groups in total. The Bertz CT molecular complexity index is 1370. The number of carbonyl (C=O) groups excluding carboxylic acids is 2. The number of esters is 1. The molecule has 0 aliphatic rings. The number of benzene rings is 3. The molecule has 35 heavy (non-hydrogen) atoms. The fourth-order valence-electron chi connectivity index (χ4n) is 3.56. The predicted octanol–water partition coefficient (Wildman–Crippen LogP) is 5.12. The van der Waals surface area contributed by atoms with Gasteiger partial charge < -0.3 is 9.72 Å². The minimum absolute atomic E-state index is 0.113. The molecular weight excluding hydrogens is 460 g/mol. The standard InChI is InChI=1S/C28H24N2O4S/c1-2-23-24(17-19-9-5-3-6-10-19)29-28(30-26(23)32)35-18-25(31)20-13-15-22(16-14-20)34-27(33)21-11-7-4-8-12-21/h3-16H,2,17-18H2,1H3,(H,29,30,32). The molecule has 0 bridgehead atoms. The first-order valence-electron chi connectivity index (χ1n) is 11.2. The fraction of sp³-hybridized carbons (Fsp3) is 0.143. The summed E-state index contributed by atoms with van der Waals surface area (Å²) in [6.07, 6.45) is 1.13. The topological polar surface area (TPSA) is 89.1 Å². The van der Waals surface area contributed by atoms with Crippen LogP contribution in [0.3, 0.4) is 0 Å². The van der Waals surface area contributed by atoms with Gasteiger partial charge in [-0.25, -0.2) is 9.78 Å². The van der Waals surface area contributed by atoms with Crippen molar-refractivity contribution >= 4 is 23.5 Å². The highest BCUT2D eigenvalue weighted by atomic mass is 32.2. The summed E-state index contributed by atoms with van der Waals surface area (Å²) in [6.45, 7) is 1.93. The lowest BCUT2D eigenvalue weighted by atomic mass is 10.1. The van der Waals surface area contributed by atoms with Crippen molar-refractivity contribution < 1.29 is 14.3 Å². The number of aromatic nitrogens is 2. The van der Waals surface area contributed by atoms with Crippen molar-refractivity contribution in [2.75, 3.05) is 5.75 Å². The molecule has 3 aromatic carbocycles. The molecule has 0 amide bonds. The van der Waals surface area contributed by atoms with Crippen molar-refractivity contribution in [1.29, 1.82) is 0 Å². The van der Waals surface area contributed by atoms with E-state index >= 15 is 0 Å². The Hall–Kier alpha value is -3.97. The van der Waals surface area contributed by atoms with Crippen molar-refractivity contribution in [2.45, 2.75) is 24.9 Å². The van der Waals surface area contributed by atoms with Crippen molar-refractivity contribution in [2.24, 2.45) is 0 Å². The molecule has 6 nitrogen and oxygen atoms in total. The first kappa shape index (κ1) is 24.2. The van der Waals surface area contributed by atoms with Crippen molar-refractivity contribution in [1.82, 2.24) is 9.97 Å². The number of carbonyl (C=O) groups is 2. The van der Waals surface area contributed by atoms with Crippen molar-refractivity contribution in [3.8, 4) is 5.75 Å². The lowest BCUT2D eigenvalue weighted by Gasteiger charge is -2.09. The Labute approximate surface area is 207 Å². The number of hydrogen-bond donors (Lipinski definition) is 1. The van der Waals surface area contributed by atoms with Gasteiger partial charge in [0.2, 0.25) is 0 Å². The van der Waals surface area contributed by atoms with Crippen LogP contribution in [-0.4, -0.2) is 27.5 Å². The lowest BCUT2D eigenvalue weighted by Crippen LogP contribution is -2.19. The molecule has 4 rings (SSSR count). The van der Waals surface area contributed by atoms with Gasteiger partial charge in [0, 0.05) is 17.5 Å². The predicted molar refractivity (Wildman–Crippen MR) is 136 cm³/mol. The summed E-state index contributed by atoms with van der Waals surface area (Å²) in [5.74, 6) is -0.114. The molecule has 176 valence electrons. The first-order valence-corrected chi connectivity index (χ1v) is 12.2. The normalized spacial score (nSPS) is 10.7. The molecule has 0 radical (unpaired) electrons. The molecular formula is C28H24N2O4S. The molecule has 0 spiro atoms. The van der Waals surface area contributed by atoms with Crippen LogP contribution in [0.15, 0.2) is 94.9 Å². The molecule has 1 heterocycles. The Balaban J connectivity index is 1.40. The van der Waals surface area contributed by atoms with Gasteiger partial charge in [-0.2, -0.15) is 0 Å². The van der Waals surface area contributed by atoms with E-state index in [4.69, 9.17) is 4.74 Å². The highest BCUT2D eigenvalue weighted by molar-refractivity contribution is 7.99. The minimum atomic E-state index is -0.461. The molecule has 1 aromatic heterocycles. The van der Waals surface area contributed by atoms with Crippen LogP contribution in [-0.2, 0) is 12.8 Å². The third kappa shape index (κ3) is 6.33. The molecule has 7 heteroatoms. The Kier molecular flexibility index (Phi) is 7.90. The van der Waals surface area contributed by atoms with Gasteiger partial charge in [0.15, 0.2) is 10.9 Å². The number of hydrogen-bond acceptors (Lipinski definition) is 6. The second-order valence-electron chi connectivity index (χ2n) is 7.80. The van der Waals surface area contributed by atoms with Gasteiger partial charge in [-0.1, -0.05) is 67.2 Å². The number of thioether (sulfide) groups is 1. The zero-order chi connectivity index (χ0) is 24.6. The smallest absolute Gasteiger partial charge is 0.343 e. The zero-order valence-corrected chi connectivity index (χ0v) is 20.0. The molecule has 0 aliphatic carbocycles. The van der Waals surface area contributed by atoms with E-state index < -0.39 is 5.97 Å². The van der Waals surface area contributed by atoms with Crippen LogP contribution in [0.1, 0.15) is 44.5 Å². The van der Waals surface area contributed by atoms with E-state index in [0.29, 0.717) is 40.4 Å². The number of aromatic amines is 1. The van der Waals surface area contributed by atoms with Gasteiger partial charge in [0.1, 0.15) is 5.75 Å². The molecule has 0 saturated carbocycles. The van der Waals surface area contributed by atoms with E-state index in [1.54, 1.807) is 48.5 Å². The largest absolute Gasteiger partial charge is 0.423 e. The van der Waals surface area contributed by atoms with Crippen LogP contribution in [0.2, 0.25) is 0 Å². The average molecular weight is 485 g/mol. The van der Waals surface area contributed by atoms with Crippen molar-refractivity contribution in [3.05, 3.63) is 123 Å². The van der Waals surface area contributed by atoms with Crippen LogP contribution in [0.4, 0.5) is 0 Å². The van der Waals surface area contributed by atoms with E-state index in [2.05, 4.69) is 9.97 Å². The first-order chi connectivity index (χ1) is 17.0. The Morgan fingerprint density at radius 3 is 2.20 bits per heavy atom. The van der Waals surface area contributed by atoms with Gasteiger partial charge in [0.05, 0.1) is 17.0 Å². The van der Waals surface area contributed by atoms with Crippen LogP contribution in [0.25, 0.3) is 0 Å². The SMILES string of the molecule is CCc1c(Cc2ccccc2)nc(SCC(=O)c2ccc(OC(=O)c3ccccc3)cc2)[nH]c1=O. The van der Waals surface area contributed by atoms with Crippen LogP contribution in [0, 0.1) is 0 Å². The fourth-order valence-corrected chi connectivity index (χ4v) is 4.33. The summed E-state index contributed by atoms with van der Waals surface area (Å²) in [5.41, 5.74) is 3.21. The summed E-state index contributed by atoms with van der Waals surface area (Å²) in [6, 6.07) is 25.0. The maximum Gasteiger partial charge on any atom is 0.343 e. The summed E-state index contributed by atoms with van der Waals surface area (Å²) >= 11 is 1.19. The average Bonchev–Trinajstić information content (AvgIpc) is 2.89. The summed E-state index contributed by atoms with van der Waals surface area (Å²) in [5, 5.41) is 0.417. The third-order valence-corrected chi connectivity index (χ3v) is 6.26. The Morgan fingerprint density at radius 2 is 1.54 bits per heavy atom. The second-order valence-corrected chi connectivity index (χ2v) is 8.77. The summed E-state index contributed by atoms with van der Waals surface area (Å²) in [7, 11) is 0. The maximum atomic E-state index is 12.7. The van der Waals surface area contributed by atoms with Gasteiger partial charge in [-0.3, -0.25) is 9.59 Å². The number of Topliss-reactive ketones (excluding diaryl/α,β-unsaturated/α-hetero) is 1. The molecule has 0 aliphatic heterocycles. The second kappa shape index (κ2) is 11.4. The van der Waals surface area contributed by atoms with Crippen LogP contribution < -0.4 is 10.3 Å². The van der Waals surface area contributed by atoms with Crippen LogP contribution in [0.5, 0.6) is 5.75 Å². The van der Waals surface area contributed by atoms with Gasteiger partial charge >= 0.3 is 5.97 Å². The number of rotatable bonds is 9. The summed E-state index contributed by atoms with van der Waals surface area (Å²) < 4.78 is 5.36. The Morgan fingerprint density at radius 1 is 0.886 bits per heavy atom. The molecule has 4 aromatic rings. The zero-order valence-electron chi connectivity index (χ0n) is 19.2. The molecule has 0 unspecified atom stereocenters. The highest BCUT2D eigenvalue weighted by Crippen LogP contribution is 2.19. The third-order valence-electron chi connectivity index (χ3n) is 5.38. The van der Waals surface area contributed by atoms with E-state index in [1.165, 1.54) is 11.8 Å². The number of nitrogens with one attached hydrogen (secondary N) is 1. The monoisotopic (exact) mass is 484 g/mol. The number of nitrogens with zero attached hydrogens (tertiary/aromatic N) is 1. The highest BCUT2D eigenvalue weighted by Gasteiger charge is 2.14. The number of H-pyrrole nitrogens is 1. The number of ether oxygens (including phenoxy) is 1. The molecule has 0 atom stereocenters. The van der Waals surface area contributed by atoms with Crippen LogP contribution >= 0.6 is 11.8 Å². The summed E-state index contributed by atoms with van der Waals surface area (Å²) in [4.78, 5) is 44.9. The van der Waals surface area contributed by atoms with Gasteiger partial charge in [-0.15, -0.1) is 0 Å². The van der Waals surface area contributed by atoms with E-state index in [9.17, 15) is 14.4 Å². The quantitative estimate of drug-likeness (QED) is 0.117. The molecule has 0 saturated heterocycles.